The van der Waals surface area contributed by atoms with Gasteiger partial charge in [-0.1, -0.05) is 0 Å². The van der Waals surface area contributed by atoms with Gasteiger partial charge in [-0.05, 0) is 24.3 Å². The Kier molecular flexibility index (Phi) is 4.12. The molecule has 0 saturated carbocycles. The molecule has 1 fully saturated rings. The second-order valence-corrected chi connectivity index (χ2v) is 6.05. The standard InChI is InChI=1S/C8H12O4S2/c9-6(10)2-3-8(7(11)12)13-4-1-5-14-8/h1-5H2,(H,9,10)(H,11,12). The van der Waals surface area contributed by atoms with Crippen molar-refractivity contribution in [3.05, 3.63) is 0 Å². The summed E-state index contributed by atoms with van der Waals surface area (Å²) in [6.45, 7) is 0. The van der Waals surface area contributed by atoms with Crippen LogP contribution in [0.5, 0.6) is 0 Å². The Morgan fingerprint density at radius 3 is 2.21 bits per heavy atom. The van der Waals surface area contributed by atoms with Crippen LogP contribution in [0.3, 0.4) is 0 Å². The van der Waals surface area contributed by atoms with Gasteiger partial charge < -0.3 is 10.2 Å². The Morgan fingerprint density at radius 1 is 1.21 bits per heavy atom. The molecule has 14 heavy (non-hydrogen) atoms. The van der Waals surface area contributed by atoms with Crippen LogP contribution < -0.4 is 0 Å². The summed E-state index contributed by atoms with van der Waals surface area (Å²) in [5, 5.41) is 17.6. The van der Waals surface area contributed by atoms with Crippen LogP contribution in [-0.4, -0.2) is 37.7 Å². The Hall–Kier alpha value is -0.360. The predicted octanol–water partition coefficient (Wildman–Crippen LogP) is 1.50. The SMILES string of the molecule is O=C(O)CCC1(C(=O)O)SCCCS1. The molecule has 1 aliphatic heterocycles. The van der Waals surface area contributed by atoms with E-state index >= 15 is 0 Å². The van der Waals surface area contributed by atoms with Crippen molar-refractivity contribution in [3.63, 3.8) is 0 Å². The first-order chi connectivity index (χ1) is 6.57. The van der Waals surface area contributed by atoms with E-state index in [9.17, 15) is 9.59 Å². The van der Waals surface area contributed by atoms with Crippen LogP contribution in [-0.2, 0) is 9.59 Å². The van der Waals surface area contributed by atoms with Gasteiger partial charge in [0.15, 0.2) is 4.08 Å². The number of thioether (sulfide) groups is 2. The molecule has 0 unspecified atom stereocenters. The zero-order chi connectivity index (χ0) is 10.6. The van der Waals surface area contributed by atoms with Gasteiger partial charge in [0, 0.05) is 6.42 Å². The van der Waals surface area contributed by atoms with E-state index < -0.39 is 16.0 Å². The second kappa shape index (κ2) is 4.93. The maximum absolute atomic E-state index is 11.1. The number of carboxylic acid groups (broad SMARTS) is 2. The largest absolute Gasteiger partial charge is 0.481 e. The molecule has 6 heteroatoms. The molecular formula is C8H12O4S2. The molecule has 0 aromatic rings. The van der Waals surface area contributed by atoms with E-state index in [0.717, 1.165) is 17.9 Å². The third kappa shape index (κ3) is 2.81. The summed E-state index contributed by atoms with van der Waals surface area (Å²) >= 11 is 2.72. The van der Waals surface area contributed by atoms with Gasteiger partial charge in [-0.25, -0.2) is 4.79 Å². The maximum atomic E-state index is 11.1. The van der Waals surface area contributed by atoms with E-state index in [4.69, 9.17) is 10.2 Å². The van der Waals surface area contributed by atoms with E-state index in [1.165, 1.54) is 23.5 Å². The first kappa shape index (κ1) is 11.7. The van der Waals surface area contributed by atoms with Gasteiger partial charge in [0.25, 0.3) is 0 Å². The van der Waals surface area contributed by atoms with Gasteiger partial charge in [0.2, 0.25) is 0 Å². The summed E-state index contributed by atoms with van der Waals surface area (Å²) in [5.41, 5.74) is 0. The van der Waals surface area contributed by atoms with Gasteiger partial charge in [0.05, 0.1) is 0 Å². The maximum Gasteiger partial charge on any atom is 0.330 e. The lowest BCUT2D eigenvalue weighted by Gasteiger charge is -2.31. The fourth-order valence-electron chi connectivity index (χ4n) is 1.22. The highest BCUT2D eigenvalue weighted by Crippen LogP contribution is 2.45. The number of hydrogen-bond acceptors (Lipinski definition) is 4. The topological polar surface area (TPSA) is 74.6 Å². The molecule has 0 atom stereocenters. The second-order valence-electron chi connectivity index (χ2n) is 3.00. The fraction of sp³-hybridized carbons (Fsp3) is 0.750. The van der Waals surface area contributed by atoms with E-state index in [-0.39, 0.29) is 12.8 Å². The van der Waals surface area contributed by atoms with Gasteiger partial charge in [-0.15, -0.1) is 23.5 Å². The minimum atomic E-state index is -0.933. The zero-order valence-electron chi connectivity index (χ0n) is 7.56. The summed E-state index contributed by atoms with van der Waals surface area (Å²) in [4.78, 5) is 21.4. The monoisotopic (exact) mass is 236 g/mol. The molecule has 2 N–H and O–H groups in total. The van der Waals surface area contributed by atoms with Crippen molar-refractivity contribution in [2.45, 2.75) is 23.3 Å². The summed E-state index contributed by atoms with van der Waals surface area (Å²) in [5.74, 6) is -0.219. The minimum Gasteiger partial charge on any atom is -0.481 e. The molecule has 0 aromatic heterocycles. The van der Waals surface area contributed by atoms with E-state index in [1.54, 1.807) is 0 Å². The molecule has 0 spiro atoms. The molecule has 4 nitrogen and oxygen atoms in total. The smallest absolute Gasteiger partial charge is 0.330 e. The van der Waals surface area contributed by atoms with Crippen LogP contribution in [0.25, 0.3) is 0 Å². The van der Waals surface area contributed by atoms with Crippen LogP contribution in [0.15, 0.2) is 0 Å². The molecule has 1 aliphatic rings. The number of hydrogen-bond donors (Lipinski definition) is 2. The van der Waals surface area contributed by atoms with Crippen LogP contribution in [0, 0.1) is 0 Å². The summed E-state index contributed by atoms with van der Waals surface area (Å²) in [6.07, 6.45) is 1.12. The number of rotatable bonds is 4. The van der Waals surface area contributed by atoms with Crippen molar-refractivity contribution in [1.29, 1.82) is 0 Å². The van der Waals surface area contributed by atoms with Crippen LogP contribution >= 0.6 is 23.5 Å². The van der Waals surface area contributed by atoms with Crippen molar-refractivity contribution in [3.8, 4) is 0 Å². The molecule has 80 valence electrons. The molecule has 0 bridgehead atoms. The molecule has 0 radical (unpaired) electrons. The van der Waals surface area contributed by atoms with Crippen LogP contribution in [0.2, 0.25) is 0 Å². The summed E-state index contributed by atoms with van der Waals surface area (Å²) in [6, 6.07) is 0. The molecular weight excluding hydrogens is 224 g/mol. The van der Waals surface area contributed by atoms with Crippen LogP contribution in [0.1, 0.15) is 19.3 Å². The average Bonchev–Trinajstić information content (AvgIpc) is 2.16. The van der Waals surface area contributed by atoms with Crippen LogP contribution in [0.4, 0.5) is 0 Å². The van der Waals surface area contributed by atoms with Crippen molar-refractivity contribution in [1.82, 2.24) is 0 Å². The quantitative estimate of drug-likeness (QED) is 0.770. The lowest BCUT2D eigenvalue weighted by atomic mass is 10.2. The normalized spacial score (nSPS) is 20.3. The van der Waals surface area contributed by atoms with Crippen molar-refractivity contribution in [2.75, 3.05) is 11.5 Å². The van der Waals surface area contributed by atoms with E-state index in [1.807, 2.05) is 0 Å². The Labute approximate surface area is 90.4 Å². The fourth-order valence-corrected chi connectivity index (χ4v) is 4.21. The average molecular weight is 236 g/mol. The van der Waals surface area contributed by atoms with Crippen molar-refractivity contribution >= 4 is 35.5 Å². The highest BCUT2D eigenvalue weighted by Gasteiger charge is 2.41. The van der Waals surface area contributed by atoms with Gasteiger partial charge >= 0.3 is 11.9 Å². The van der Waals surface area contributed by atoms with Gasteiger partial charge in [0.1, 0.15) is 0 Å². The lowest BCUT2D eigenvalue weighted by molar-refractivity contribution is -0.138. The predicted molar refractivity (Wildman–Crippen MR) is 56.8 cm³/mol. The molecule has 1 rings (SSSR count). The lowest BCUT2D eigenvalue weighted by Crippen LogP contribution is -2.35. The summed E-state index contributed by atoms with van der Waals surface area (Å²) in [7, 11) is 0. The number of carbonyl (C=O) groups is 2. The molecule has 0 aromatic carbocycles. The molecule has 1 saturated heterocycles. The highest BCUT2D eigenvalue weighted by atomic mass is 32.2. The Morgan fingerprint density at radius 2 is 1.79 bits per heavy atom. The van der Waals surface area contributed by atoms with Crippen molar-refractivity contribution in [2.24, 2.45) is 0 Å². The number of carboxylic acids is 2. The number of aliphatic carboxylic acids is 2. The molecule has 0 aliphatic carbocycles. The third-order valence-corrected chi connectivity index (χ3v) is 5.34. The summed E-state index contributed by atoms with van der Waals surface area (Å²) < 4.78 is -0.920. The zero-order valence-corrected chi connectivity index (χ0v) is 9.20. The highest BCUT2D eigenvalue weighted by molar-refractivity contribution is 8.19. The molecule has 1 heterocycles. The van der Waals surface area contributed by atoms with E-state index in [0.29, 0.717) is 0 Å². The van der Waals surface area contributed by atoms with Gasteiger partial charge in [-0.3, -0.25) is 4.79 Å². The first-order valence-corrected chi connectivity index (χ1v) is 6.27. The van der Waals surface area contributed by atoms with Gasteiger partial charge in [-0.2, -0.15) is 0 Å². The third-order valence-electron chi connectivity index (χ3n) is 1.95. The first-order valence-electron chi connectivity index (χ1n) is 4.30. The Balaban J connectivity index is 2.60. The minimum absolute atomic E-state index is 0.0771. The Bertz CT molecular complexity index is 235. The van der Waals surface area contributed by atoms with Crippen molar-refractivity contribution < 1.29 is 19.8 Å². The van der Waals surface area contributed by atoms with E-state index in [2.05, 4.69) is 0 Å². The molecule has 0 amide bonds.